The number of benzene rings is 3. The number of anilines is 1. The zero-order chi connectivity index (χ0) is 26.4. The van der Waals surface area contributed by atoms with E-state index in [0.29, 0.717) is 21.3 Å². The van der Waals surface area contributed by atoms with E-state index in [1.807, 2.05) is 44.2 Å². The summed E-state index contributed by atoms with van der Waals surface area (Å²) in [6.45, 7) is 6.58. The van der Waals surface area contributed by atoms with Crippen LogP contribution in [0.3, 0.4) is 0 Å². The molecule has 3 aromatic rings. The molecule has 0 atom stereocenters. The summed E-state index contributed by atoms with van der Waals surface area (Å²) in [7, 11) is 0. The van der Waals surface area contributed by atoms with E-state index in [2.05, 4.69) is 36.7 Å². The molecule has 1 aliphatic rings. The van der Waals surface area contributed by atoms with Gasteiger partial charge in [0.2, 0.25) is 0 Å². The number of nitrogens with zero attached hydrogens (tertiary/aromatic N) is 2. The van der Waals surface area contributed by atoms with Crippen molar-refractivity contribution in [2.24, 2.45) is 5.10 Å². The SMILES string of the molecule is Cc1ccc(/C=N/NC(=O)c2cc(Br)ccc2NC(=O)c2ccc(CN3CCC(O)CC3)cc2)cc1C. The first-order chi connectivity index (χ1) is 17.8. The van der Waals surface area contributed by atoms with Crippen LogP contribution < -0.4 is 10.7 Å². The summed E-state index contributed by atoms with van der Waals surface area (Å²) in [5, 5.41) is 16.6. The third-order valence-electron chi connectivity index (χ3n) is 6.56. The molecule has 1 heterocycles. The van der Waals surface area contributed by atoms with Crippen molar-refractivity contribution < 1.29 is 14.7 Å². The van der Waals surface area contributed by atoms with Gasteiger partial charge >= 0.3 is 0 Å². The van der Waals surface area contributed by atoms with E-state index in [9.17, 15) is 14.7 Å². The first-order valence-corrected chi connectivity index (χ1v) is 13.1. The van der Waals surface area contributed by atoms with E-state index >= 15 is 0 Å². The second kappa shape index (κ2) is 12.3. The Hall–Kier alpha value is -3.33. The fraction of sp³-hybridized carbons (Fsp3) is 0.276. The van der Waals surface area contributed by atoms with Crippen LogP contribution in [0.2, 0.25) is 0 Å². The van der Waals surface area contributed by atoms with Gasteiger partial charge in [0, 0.05) is 29.7 Å². The molecule has 0 radical (unpaired) electrons. The molecule has 3 N–H and O–H groups in total. The first-order valence-electron chi connectivity index (χ1n) is 12.3. The Labute approximate surface area is 225 Å². The zero-order valence-electron chi connectivity index (χ0n) is 21.0. The molecule has 3 aromatic carbocycles. The number of carbonyl (C=O) groups is 2. The third-order valence-corrected chi connectivity index (χ3v) is 7.06. The zero-order valence-corrected chi connectivity index (χ0v) is 22.6. The Morgan fingerprint density at radius 3 is 2.43 bits per heavy atom. The van der Waals surface area contributed by atoms with Crippen molar-refractivity contribution in [3.05, 3.63) is 98.5 Å². The number of hydrogen-bond acceptors (Lipinski definition) is 5. The maximum absolute atomic E-state index is 12.9. The lowest BCUT2D eigenvalue weighted by Gasteiger charge is -2.29. The maximum atomic E-state index is 12.9. The van der Waals surface area contributed by atoms with Crippen LogP contribution in [-0.4, -0.2) is 47.2 Å². The number of piperidine rings is 1. The lowest BCUT2D eigenvalue weighted by molar-refractivity contribution is 0.0792. The molecule has 0 spiro atoms. The second-order valence-electron chi connectivity index (χ2n) is 9.39. The molecule has 0 bridgehead atoms. The number of nitrogens with one attached hydrogen (secondary N) is 2. The summed E-state index contributed by atoms with van der Waals surface area (Å²) in [5.41, 5.74) is 8.06. The van der Waals surface area contributed by atoms with E-state index < -0.39 is 5.91 Å². The highest BCUT2D eigenvalue weighted by Gasteiger charge is 2.18. The Balaban J connectivity index is 1.40. The highest BCUT2D eigenvalue weighted by molar-refractivity contribution is 9.10. The largest absolute Gasteiger partial charge is 0.393 e. The van der Waals surface area contributed by atoms with Gasteiger partial charge in [0.05, 0.1) is 23.6 Å². The number of halogens is 1. The molecule has 0 aliphatic carbocycles. The monoisotopic (exact) mass is 562 g/mol. The predicted molar refractivity (Wildman–Crippen MR) is 150 cm³/mol. The Kier molecular flexibility index (Phi) is 8.87. The van der Waals surface area contributed by atoms with Gasteiger partial charge in [-0.1, -0.05) is 46.3 Å². The highest BCUT2D eigenvalue weighted by Crippen LogP contribution is 2.22. The predicted octanol–water partition coefficient (Wildman–Crippen LogP) is 5.04. The molecular formula is C29H31BrN4O3. The van der Waals surface area contributed by atoms with Gasteiger partial charge in [-0.15, -0.1) is 0 Å². The first kappa shape index (κ1) is 26.7. The number of aliphatic hydroxyl groups excluding tert-OH is 1. The van der Waals surface area contributed by atoms with Crippen LogP contribution in [-0.2, 0) is 6.54 Å². The van der Waals surface area contributed by atoms with E-state index in [1.54, 1.807) is 36.5 Å². The lowest BCUT2D eigenvalue weighted by Crippen LogP contribution is -2.35. The number of amides is 2. The smallest absolute Gasteiger partial charge is 0.273 e. The van der Waals surface area contributed by atoms with Crippen molar-refractivity contribution >= 4 is 39.6 Å². The lowest BCUT2D eigenvalue weighted by atomic mass is 10.1. The molecule has 7 nitrogen and oxygen atoms in total. The highest BCUT2D eigenvalue weighted by atomic mass is 79.9. The molecule has 0 aromatic heterocycles. The standard InChI is InChI=1S/C29H31BrN4O3/c1-19-3-4-22(15-20(19)2)17-31-33-29(37)26-16-24(30)9-10-27(26)32-28(36)23-7-5-21(6-8-23)18-34-13-11-25(35)12-14-34/h3-10,15-17,25,35H,11-14,18H2,1-2H3,(H,32,36)(H,33,37)/b31-17+. The fourth-order valence-electron chi connectivity index (χ4n) is 4.18. The van der Waals surface area contributed by atoms with E-state index in [-0.39, 0.29) is 12.0 Å². The van der Waals surface area contributed by atoms with Gasteiger partial charge in [-0.25, -0.2) is 5.43 Å². The molecule has 37 heavy (non-hydrogen) atoms. The molecule has 1 fully saturated rings. The van der Waals surface area contributed by atoms with Gasteiger partial charge in [0.1, 0.15) is 0 Å². The van der Waals surface area contributed by atoms with Crippen LogP contribution in [0.1, 0.15) is 55.8 Å². The van der Waals surface area contributed by atoms with Crippen LogP contribution in [0.4, 0.5) is 5.69 Å². The fourth-order valence-corrected chi connectivity index (χ4v) is 4.54. The summed E-state index contributed by atoms with van der Waals surface area (Å²) >= 11 is 3.40. The van der Waals surface area contributed by atoms with E-state index in [0.717, 1.165) is 49.2 Å². The molecule has 8 heteroatoms. The normalized spacial score (nSPS) is 14.6. The third kappa shape index (κ3) is 7.35. The van der Waals surface area contributed by atoms with Crippen LogP contribution in [0.15, 0.2) is 70.2 Å². The maximum Gasteiger partial charge on any atom is 0.273 e. The van der Waals surface area contributed by atoms with Crippen molar-refractivity contribution in [2.45, 2.75) is 39.3 Å². The van der Waals surface area contributed by atoms with Gasteiger partial charge in [0.25, 0.3) is 11.8 Å². The molecule has 0 unspecified atom stereocenters. The summed E-state index contributed by atoms with van der Waals surface area (Å²) in [4.78, 5) is 28.1. The van der Waals surface area contributed by atoms with E-state index in [1.165, 1.54) is 5.56 Å². The minimum Gasteiger partial charge on any atom is -0.393 e. The number of rotatable bonds is 7. The van der Waals surface area contributed by atoms with E-state index in [4.69, 9.17) is 0 Å². The van der Waals surface area contributed by atoms with Crippen LogP contribution >= 0.6 is 15.9 Å². The molecule has 4 rings (SSSR count). The molecule has 1 aliphatic heterocycles. The topological polar surface area (TPSA) is 94.0 Å². The minimum absolute atomic E-state index is 0.197. The number of hydrogen-bond donors (Lipinski definition) is 3. The number of aliphatic hydroxyl groups is 1. The number of likely N-dealkylation sites (tertiary alicyclic amines) is 1. The molecule has 2 amide bonds. The molecule has 1 saturated heterocycles. The minimum atomic E-state index is -0.432. The average molecular weight is 563 g/mol. The Morgan fingerprint density at radius 1 is 1.00 bits per heavy atom. The van der Waals surface area contributed by atoms with Crippen molar-refractivity contribution in [2.75, 3.05) is 18.4 Å². The molecule has 0 saturated carbocycles. The van der Waals surface area contributed by atoms with Crippen molar-refractivity contribution in [1.82, 2.24) is 10.3 Å². The Morgan fingerprint density at radius 2 is 1.73 bits per heavy atom. The average Bonchev–Trinajstić information content (AvgIpc) is 2.89. The molecule has 192 valence electrons. The van der Waals surface area contributed by atoms with Crippen LogP contribution in [0.5, 0.6) is 0 Å². The summed E-state index contributed by atoms with van der Waals surface area (Å²) in [6.07, 6.45) is 2.98. The quantitative estimate of drug-likeness (QED) is 0.278. The number of carbonyl (C=O) groups excluding carboxylic acids is 2. The number of aryl methyl sites for hydroxylation is 2. The second-order valence-corrected chi connectivity index (χ2v) is 10.3. The van der Waals surface area contributed by atoms with Crippen LogP contribution in [0, 0.1) is 13.8 Å². The van der Waals surface area contributed by atoms with Crippen molar-refractivity contribution in [3.8, 4) is 0 Å². The Bertz CT molecular complexity index is 1300. The summed E-state index contributed by atoms with van der Waals surface area (Å²) < 4.78 is 0.711. The van der Waals surface area contributed by atoms with Gasteiger partial charge < -0.3 is 10.4 Å². The summed E-state index contributed by atoms with van der Waals surface area (Å²) in [6, 6.07) is 18.5. The summed E-state index contributed by atoms with van der Waals surface area (Å²) in [5.74, 6) is -0.735. The van der Waals surface area contributed by atoms with Crippen molar-refractivity contribution in [1.29, 1.82) is 0 Å². The van der Waals surface area contributed by atoms with Gasteiger partial charge in [-0.05, 0) is 79.3 Å². The molecular weight excluding hydrogens is 532 g/mol. The van der Waals surface area contributed by atoms with Gasteiger partial charge in [-0.3, -0.25) is 14.5 Å². The number of hydrazone groups is 1. The van der Waals surface area contributed by atoms with Crippen LogP contribution in [0.25, 0.3) is 0 Å². The van der Waals surface area contributed by atoms with Crippen molar-refractivity contribution in [3.63, 3.8) is 0 Å². The van der Waals surface area contributed by atoms with Gasteiger partial charge in [-0.2, -0.15) is 5.10 Å². The van der Waals surface area contributed by atoms with Gasteiger partial charge in [0.15, 0.2) is 0 Å².